The Labute approximate surface area is 114 Å². The fourth-order valence-corrected chi connectivity index (χ4v) is 3.50. The van der Waals surface area contributed by atoms with Crippen molar-refractivity contribution in [3.8, 4) is 0 Å². The molecule has 1 saturated carbocycles. The molecule has 1 aliphatic heterocycles. The number of nitrogens with one attached hydrogen (secondary N) is 1. The number of piperazine rings is 1. The smallest absolute Gasteiger partial charge is 0.0252 e. The lowest BCUT2D eigenvalue weighted by molar-refractivity contribution is 0.0426. The summed E-state index contributed by atoms with van der Waals surface area (Å²) >= 11 is 0. The molecule has 2 aliphatic rings. The van der Waals surface area contributed by atoms with E-state index in [0.29, 0.717) is 11.5 Å². The van der Waals surface area contributed by atoms with Gasteiger partial charge in [-0.05, 0) is 43.9 Å². The minimum absolute atomic E-state index is 0.276. The van der Waals surface area contributed by atoms with Crippen LogP contribution < -0.4 is 5.32 Å². The van der Waals surface area contributed by atoms with Crippen molar-refractivity contribution in [1.82, 2.24) is 10.2 Å². The van der Waals surface area contributed by atoms with Gasteiger partial charge in [-0.2, -0.15) is 0 Å². The first kappa shape index (κ1) is 14.3. The molecule has 2 nitrogen and oxygen atoms in total. The molecule has 0 aromatic heterocycles. The first-order valence-electron chi connectivity index (χ1n) is 7.75. The normalized spacial score (nSPS) is 31.0. The maximum Gasteiger partial charge on any atom is 0.0252 e. The van der Waals surface area contributed by atoms with E-state index in [2.05, 4.69) is 51.8 Å². The molecule has 1 aliphatic carbocycles. The third-order valence-corrected chi connectivity index (χ3v) is 5.26. The van der Waals surface area contributed by atoms with Crippen molar-refractivity contribution in [2.75, 3.05) is 19.6 Å². The highest BCUT2D eigenvalue weighted by Crippen LogP contribution is 2.52. The van der Waals surface area contributed by atoms with Gasteiger partial charge in [0.2, 0.25) is 0 Å². The van der Waals surface area contributed by atoms with Gasteiger partial charge in [0.1, 0.15) is 0 Å². The molecule has 0 aromatic carbocycles. The van der Waals surface area contributed by atoms with Crippen LogP contribution >= 0.6 is 0 Å². The Bertz CT molecular complexity index is 289. The Kier molecular flexibility index (Phi) is 3.81. The van der Waals surface area contributed by atoms with Crippen LogP contribution in [-0.2, 0) is 0 Å². The van der Waals surface area contributed by atoms with E-state index in [1.165, 1.54) is 25.9 Å². The SMILES string of the molecule is CC(C)C1CNC(C)(C)CN1CC1(C(C)C)CC1. The topological polar surface area (TPSA) is 15.3 Å². The summed E-state index contributed by atoms with van der Waals surface area (Å²) in [5, 5.41) is 3.71. The van der Waals surface area contributed by atoms with Gasteiger partial charge < -0.3 is 5.32 Å². The van der Waals surface area contributed by atoms with Gasteiger partial charge in [-0.1, -0.05) is 27.7 Å². The van der Waals surface area contributed by atoms with Gasteiger partial charge in [0.15, 0.2) is 0 Å². The molecule has 106 valence electrons. The van der Waals surface area contributed by atoms with Crippen LogP contribution in [0.2, 0.25) is 0 Å². The monoisotopic (exact) mass is 252 g/mol. The summed E-state index contributed by atoms with van der Waals surface area (Å²) in [5.74, 6) is 1.58. The van der Waals surface area contributed by atoms with Crippen LogP contribution in [0.4, 0.5) is 0 Å². The molecular weight excluding hydrogens is 220 g/mol. The highest BCUT2D eigenvalue weighted by Gasteiger charge is 2.48. The largest absolute Gasteiger partial charge is 0.309 e. The maximum absolute atomic E-state index is 3.71. The van der Waals surface area contributed by atoms with Gasteiger partial charge in [0.25, 0.3) is 0 Å². The zero-order chi connectivity index (χ0) is 13.6. The number of rotatable bonds is 4. The molecule has 1 N–H and O–H groups in total. The summed E-state index contributed by atoms with van der Waals surface area (Å²) in [4.78, 5) is 2.79. The summed E-state index contributed by atoms with van der Waals surface area (Å²) in [5.41, 5.74) is 0.916. The van der Waals surface area contributed by atoms with Crippen LogP contribution in [0.15, 0.2) is 0 Å². The van der Waals surface area contributed by atoms with Crippen LogP contribution in [-0.4, -0.2) is 36.1 Å². The Balaban J connectivity index is 2.06. The second kappa shape index (κ2) is 4.79. The van der Waals surface area contributed by atoms with E-state index in [1.54, 1.807) is 0 Å². The van der Waals surface area contributed by atoms with Crippen LogP contribution in [0.5, 0.6) is 0 Å². The number of hydrogen-bond acceptors (Lipinski definition) is 2. The second-order valence-corrected chi connectivity index (χ2v) is 8.00. The second-order valence-electron chi connectivity index (χ2n) is 8.00. The quantitative estimate of drug-likeness (QED) is 0.827. The fraction of sp³-hybridized carbons (Fsp3) is 1.00. The Morgan fingerprint density at radius 2 is 1.78 bits per heavy atom. The zero-order valence-electron chi connectivity index (χ0n) is 13.2. The van der Waals surface area contributed by atoms with Crippen molar-refractivity contribution in [3.05, 3.63) is 0 Å². The summed E-state index contributed by atoms with van der Waals surface area (Å²) in [7, 11) is 0. The van der Waals surface area contributed by atoms with Crippen molar-refractivity contribution < 1.29 is 0 Å². The highest BCUT2D eigenvalue weighted by molar-refractivity contribution is 5.02. The first-order chi connectivity index (χ1) is 8.26. The lowest BCUT2D eigenvalue weighted by Gasteiger charge is -2.48. The molecular formula is C16H32N2. The van der Waals surface area contributed by atoms with E-state index in [-0.39, 0.29) is 5.54 Å². The first-order valence-corrected chi connectivity index (χ1v) is 7.75. The molecule has 2 fully saturated rings. The van der Waals surface area contributed by atoms with Crippen molar-refractivity contribution in [2.24, 2.45) is 17.3 Å². The molecule has 18 heavy (non-hydrogen) atoms. The summed E-state index contributed by atoms with van der Waals surface area (Å²) in [6.07, 6.45) is 2.89. The summed E-state index contributed by atoms with van der Waals surface area (Å²) in [6, 6.07) is 0.717. The molecule has 1 unspecified atom stereocenters. The van der Waals surface area contributed by atoms with Gasteiger partial charge >= 0.3 is 0 Å². The Morgan fingerprint density at radius 1 is 1.17 bits per heavy atom. The minimum atomic E-state index is 0.276. The van der Waals surface area contributed by atoms with E-state index in [0.717, 1.165) is 18.4 Å². The summed E-state index contributed by atoms with van der Waals surface area (Å²) in [6.45, 7) is 17.9. The molecule has 0 bridgehead atoms. The van der Waals surface area contributed by atoms with E-state index < -0.39 is 0 Å². The lowest BCUT2D eigenvalue weighted by atomic mass is 9.87. The van der Waals surface area contributed by atoms with Crippen molar-refractivity contribution in [2.45, 2.75) is 66.0 Å². The molecule has 2 heteroatoms. The van der Waals surface area contributed by atoms with E-state index in [1.807, 2.05) is 0 Å². The predicted octanol–water partition coefficient (Wildman–Crippen LogP) is 3.13. The predicted molar refractivity (Wildman–Crippen MR) is 78.8 cm³/mol. The minimum Gasteiger partial charge on any atom is -0.309 e. The number of nitrogens with zero attached hydrogens (tertiary/aromatic N) is 1. The van der Waals surface area contributed by atoms with E-state index in [4.69, 9.17) is 0 Å². The van der Waals surface area contributed by atoms with Crippen LogP contribution in [0.3, 0.4) is 0 Å². The lowest BCUT2D eigenvalue weighted by Crippen LogP contribution is -2.63. The van der Waals surface area contributed by atoms with Gasteiger partial charge in [-0.25, -0.2) is 0 Å². The molecule has 1 atom stereocenters. The molecule has 2 rings (SSSR count). The fourth-order valence-electron chi connectivity index (χ4n) is 3.50. The van der Waals surface area contributed by atoms with Gasteiger partial charge in [-0.15, -0.1) is 0 Å². The van der Waals surface area contributed by atoms with Gasteiger partial charge in [0.05, 0.1) is 0 Å². The van der Waals surface area contributed by atoms with Crippen LogP contribution in [0.25, 0.3) is 0 Å². The third kappa shape index (κ3) is 2.91. The highest BCUT2D eigenvalue weighted by atomic mass is 15.3. The molecule has 0 amide bonds. The maximum atomic E-state index is 3.71. The zero-order valence-corrected chi connectivity index (χ0v) is 13.2. The molecule has 1 saturated heterocycles. The standard InChI is InChI=1S/C16H32N2/c1-12(2)14-9-17-15(5,6)10-18(14)11-16(7-8-16)13(3)4/h12-14,17H,7-11H2,1-6H3. The van der Waals surface area contributed by atoms with Crippen molar-refractivity contribution in [3.63, 3.8) is 0 Å². The molecule has 0 radical (unpaired) electrons. The average Bonchev–Trinajstić information content (AvgIpc) is 2.96. The third-order valence-electron chi connectivity index (χ3n) is 5.26. The average molecular weight is 252 g/mol. The Morgan fingerprint density at radius 3 is 2.22 bits per heavy atom. The van der Waals surface area contributed by atoms with Gasteiger partial charge in [0, 0.05) is 31.2 Å². The molecule has 0 aromatic rings. The molecule has 1 heterocycles. The van der Waals surface area contributed by atoms with E-state index >= 15 is 0 Å². The van der Waals surface area contributed by atoms with Crippen molar-refractivity contribution >= 4 is 0 Å². The van der Waals surface area contributed by atoms with E-state index in [9.17, 15) is 0 Å². The number of hydrogen-bond donors (Lipinski definition) is 1. The summed E-state index contributed by atoms with van der Waals surface area (Å²) < 4.78 is 0. The molecule has 0 spiro atoms. The van der Waals surface area contributed by atoms with Crippen LogP contribution in [0, 0.1) is 17.3 Å². The Hall–Kier alpha value is -0.0800. The van der Waals surface area contributed by atoms with Crippen LogP contribution in [0.1, 0.15) is 54.4 Å². The van der Waals surface area contributed by atoms with Gasteiger partial charge in [-0.3, -0.25) is 4.90 Å². The van der Waals surface area contributed by atoms with Crippen molar-refractivity contribution in [1.29, 1.82) is 0 Å².